The Morgan fingerprint density at radius 2 is 1.68 bits per heavy atom. The second-order valence-electron chi connectivity index (χ2n) is 12.0. The van der Waals surface area contributed by atoms with E-state index in [2.05, 4.69) is 20.8 Å². The summed E-state index contributed by atoms with van der Waals surface area (Å²) in [4.78, 5) is 23.2. The topological polar surface area (TPSA) is 52.6 Å². The van der Waals surface area contributed by atoms with Crippen molar-refractivity contribution in [1.82, 2.24) is 0 Å². The van der Waals surface area contributed by atoms with Crippen molar-refractivity contribution in [3.05, 3.63) is 0 Å². The Bertz CT molecular complexity index is 689. The van der Waals surface area contributed by atoms with E-state index in [1.807, 2.05) is 0 Å². The first-order chi connectivity index (χ1) is 14.7. The van der Waals surface area contributed by atoms with Crippen LogP contribution in [-0.2, 0) is 19.1 Å². The van der Waals surface area contributed by atoms with Crippen LogP contribution in [-0.4, -0.2) is 25.2 Å². The highest BCUT2D eigenvalue weighted by molar-refractivity contribution is 5.69. The van der Waals surface area contributed by atoms with Gasteiger partial charge in [0.25, 0.3) is 0 Å². The van der Waals surface area contributed by atoms with Gasteiger partial charge in [-0.3, -0.25) is 9.59 Å². The first kappa shape index (κ1) is 23.1. The molecule has 4 rings (SSSR count). The molecule has 0 N–H and O–H groups in total. The van der Waals surface area contributed by atoms with Crippen LogP contribution in [0.25, 0.3) is 0 Å². The van der Waals surface area contributed by atoms with E-state index in [0.29, 0.717) is 29.1 Å². The molecule has 0 aliphatic heterocycles. The van der Waals surface area contributed by atoms with E-state index in [0.717, 1.165) is 42.9 Å². The van der Waals surface area contributed by atoms with Crippen LogP contribution in [0.2, 0.25) is 0 Å². The van der Waals surface area contributed by atoms with Crippen molar-refractivity contribution in [3.8, 4) is 0 Å². The lowest BCUT2D eigenvalue weighted by Gasteiger charge is -2.61. The molecule has 0 saturated heterocycles. The third-order valence-electron chi connectivity index (χ3n) is 10.7. The zero-order chi connectivity index (χ0) is 22.4. The van der Waals surface area contributed by atoms with Crippen LogP contribution in [0.5, 0.6) is 0 Å². The van der Waals surface area contributed by atoms with Crippen molar-refractivity contribution in [3.63, 3.8) is 0 Å². The lowest BCUT2D eigenvalue weighted by atomic mass is 9.44. The quantitative estimate of drug-likeness (QED) is 0.488. The lowest BCUT2D eigenvalue weighted by Crippen LogP contribution is -2.54. The second-order valence-corrected chi connectivity index (χ2v) is 12.0. The zero-order valence-corrected chi connectivity index (χ0v) is 20.5. The van der Waals surface area contributed by atoms with E-state index in [4.69, 9.17) is 9.47 Å². The van der Waals surface area contributed by atoms with Crippen LogP contribution < -0.4 is 0 Å². The van der Waals surface area contributed by atoms with Gasteiger partial charge in [0.05, 0.1) is 7.11 Å². The fourth-order valence-corrected chi connectivity index (χ4v) is 9.18. The summed E-state index contributed by atoms with van der Waals surface area (Å²) in [6.45, 7) is 9.09. The number of methoxy groups -OCH3 is 1. The summed E-state index contributed by atoms with van der Waals surface area (Å²) >= 11 is 0. The van der Waals surface area contributed by atoms with Crippen LogP contribution >= 0.6 is 0 Å². The van der Waals surface area contributed by atoms with E-state index in [1.165, 1.54) is 52.1 Å². The van der Waals surface area contributed by atoms with Crippen LogP contribution in [0.1, 0.15) is 98.3 Å². The van der Waals surface area contributed by atoms with Crippen molar-refractivity contribution in [1.29, 1.82) is 0 Å². The molecule has 0 aromatic heterocycles. The van der Waals surface area contributed by atoms with Crippen molar-refractivity contribution in [2.45, 2.75) is 104 Å². The minimum absolute atomic E-state index is 0.0640. The molecule has 0 unspecified atom stereocenters. The molecule has 0 amide bonds. The number of hydrogen-bond acceptors (Lipinski definition) is 4. The van der Waals surface area contributed by atoms with Gasteiger partial charge in [-0.05, 0) is 111 Å². The molecule has 4 nitrogen and oxygen atoms in total. The number of ether oxygens (including phenoxy) is 2. The van der Waals surface area contributed by atoms with Gasteiger partial charge in [0.2, 0.25) is 0 Å². The molecule has 0 aromatic rings. The Hall–Kier alpha value is -1.06. The number of carbonyl (C=O) groups excluding carboxylic acids is 2. The molecule has 0 spiro atoms. The fraction of sp³-hybridized carbons (Fsp3) is 0.926. The summed E-state index contributed by atoms with van der Waals surface area (Å²) in [6.07, 6.45) is 13.1. The Kier molecular flexibility index (Phi) is 6.49. The molecule has 4 heteroatoms. The normalized spacial score (nSPS) is 45.1. The predicted octanol–water partition coefficient (Wildman–Crippen LogP) is 6.17. The zero-order valence-electron chi connectivity index (χ0n) is 20.5. The molecule has 4 saturated carbocycles. The van der Waals surface area contributed by atoms with E-state index >= 15 is 0 Å². The van der Waals surface area contributed by atoms with Crippen molar-refractivity contribution < 1.29 is 19.1 Å². The average Bonchev–Trinajstić information content (AvgIpc) is 3.09. The molecule has 9 atom stereocenters. The van der Waals surface area contributed by atoms with Gasteiger partial charge in [-0.2, -0.15) is 0 Å². The summed E-state index contributed by atoms with van der Waals surface area (Å²) in [5, 5.41) is 0. The minimum Gasteiger partial charge on any atom is -0.469 e. The Balaban J connectivity index is 1.45. The van der Waals surface area contributed by atoms with Gasteiger partial charge in [0.15, 0.2) is 0 Å². The van der Waals surface area contributed by atoms with Gasteiger partial charge < -0.3 is 9.47 Å². The summed E-state index contributed by atoms with van der Waals surface area (Å²) in [6, 6.07) is 0. The Labute approximate surface area is 189 Å². The molecule has 0 aromatic carbocycles. The van der Waals surface area contributed by atoms with Crippen LogP contribution in [0, 0.1) is 46.3 Å². The number of fused-ring (bicyclic) bond motifs is 5. The van der Waals surface area contributed by atoms with Crippen LogP contribution in [0.15, 0.2) is 0 Å². The summed E-state index contributed by atoms with van der Waals surface area (Å²) < 4.78 is 10.5. The van der Waals surface area contributed by atoms with Gasteiger partial charge >= 0.3 is 11.9 Å². The van der Waals surface area contributed by atoms with Gasteiger partial charge in [0, 0.05) is 13.3 Å². The van der Waals surface area contributed by atoms with Crippen molar-refractivity contribution in [2.75, 3.05) is 7.11 Å². The summed E-state index contributed by atoms with van der Waals surface area (Å²) in [5.74, 6) is 4.42. The molecular weight excluding hydrogens is 388 g/mol. The average molecular weight is 433 g/mol. The first-order valence-corrected chi connectivity index (χ1v) is 12.9. The summed E-state index contributed by atoms with van der Waals surface area (Å²) in [7, 11) is 1.50. The van der Waals surface area contributed by atoms with Gasteiger partial charge in [-0.15, -0.1) is 0 Å². The molecule has 0 bridgehead atoms. The highest BCUT2D eigenvalue weighted by Crippen LogP contribution is 2.68. The molecule has 31 heavy (non-hydrogen) atoms. The SMILES string of the molecule is COC(=O)CC[C@H](C)[C@@H]1CC[C@H]2[C@@H]3CC[C@H]4C[C@@H](OC(C)=O)CC[C@]4(C)[C@H]3CC[C@@]21C. The maximum Gasteiger partial charge on any atom is 0.305 e. The number of hydrogen-bond donors (Lipinski definition) is 0. The molecule has 0 heterocycles. The third kappa shape index (κ3) is 4.06. The first-order valence-electron chi connectivity index (χ1n) is 12.9. The van der Waals surface area contributed by atoms with E-state index in [1.54, 1.807) is 6.92 Å². The molecule has 0 radical (unpaired) electrons. The second kappa shape index (κ2) is 8.71. The maximum atomic E-state index is 11.7. The monoisotopic (exact) mass is 432 g/mol. The van der Waals surface area contributed by atoms with E-state index < -0.39 is 0 Å². The Morgan fingerprint density at radius 3 is 2.39 bits per heavy atom. The molecule has 176 valence electrons. The number of esters is 2. The maximum absolute atomic E-state index is 11.7. The third-order valence-corrected chi connectivity index (χ3v) is 10.7. The predicted molar refractivity (Wildman–Crippen MR) is 121 cm³/mol. The van der Waals surface area contributed by atoms with Crippen molar-refractivity contribution in [2.24, 2.45) is 46.3 Å². The fourth-order valence-electron chi connectivity index (χ4n) is 9.18. The smallest absolute Gasteiger partial charge is 0.305 e. The number of carbonyl (C=O) groups is 2. The summed E-state index contributed by atoms with van der Waals surface area (Å²) in [5.41, 5.74) is 0.865. The molecular formula is C27H44O4. The molecule has 4 fully saturated rings. The van der Waals surface area contributed by atoms with Crippen molar-refractivity contribution >= 4 is 11.9 Å². The Morgan fingerprint density at radius 1 is 0.968 bits per heavy atom. The van der Waals surface area contributed by atoms with Gasteiger partial charge in [0.1, 0.15) is 6.10 Å². The van der Waals surface area contributed by atoms with Crippen LogP contribution in [0.4, 0.5) is 0 Å². The largest absolute Gasteiger partial charge is 0.469 e. The highest BCUT2D eigenvalue weighted by atomic mass is 16.5. The van der Waals surface area contributed by atoms with Crippen LogP contribution in [0.3, 0.4) is 0 Å². The van der Waals surface area contributed by atoms with E-state index in [9.17, 15) is 9.59 Å². The van der Waals surface area contributed by atoms with Gasteiger partial charge in [-0.25, -0.2) is 0 Å². The highest BCUT2D eigenvalue weighted by Gasteiger charge is 2.60. The van der Waals surface area contributed by atoms with E-state index in [-0.39, 0.29) is 18.0 Å². The molecule has 4 aliphatic rings. The lowest BCUT2D eigenvalue weighted by molar-refractivity contribution is -0.160. The van der Waals surface area contributed by atoms with Gasteiger partial charge in [-0.1, -0.05) is 20.8 Å². The standard InChI is InChI=1S/C27H44O4/c1-17(6-11-25(29)30-5)22-9-10-23-21-8-7-19-16-20(31-18(2)28)12-14-26(19,3)24(21)13-15-27(22,23)4/h17,19-24H,6-16H2,1-5H3/t17-,19-,20-,21-,22-,23-,24-,26-,27+/m0/s1. The minimum atomic E-state index is -0.117. The number of rotatable bonds is 5. The molecule has 4 aliphatic carbocycles.